The molecule has 12 heteroatoms. The molecule has 0 radical (unpaired) electrons. The zero-order chi connectivity index (χ0) is 26.9. The number of hydrogen-bond donors (Lipinski definition) is 4. The predicted molar refractivity (Wildman–Crippen MR) is 140 cm³/mol. The molecule has 1 aliphatic rings. The highest BCUT2D eigenvalue weighted by Gasteiger charge is 2.38. The Morgan fingerprint density at radius 2 is 1.97 bits per heavy atom. The normalized spacial score (nSPS) is 21.0. The first-order chi connectivity index (χ1) is 18.5. The van der Waals surface area contributed by atoms with Crippen molar-refractivity contribution in [2.75, 3.05) is 24.2 Å². The number of hydrogen-bond acceptors (Lipinski definition) is 9. The number of aliphatic hydroxyl groups is 1. The van der Waals surface area contributed by atoms with E-state index in [1.807, 2.05) is 30.3 Å². The minimum Gasteiger partial charge on any atom is -0.465 e. The molecule has 0 unspecified atom stereocenters. The second kappa shape index (κ2) is 13.4. The Morgan fingerprint density at radius 1 is 1.16 bits per heavy atom. The third-order valence-corrected chi connectivity index (χ3v) is 6.98. The molecule has 2 aromatic carbocycles. The second-order valence-electron chi connectivity index (χ2n) is 8.66. The minimum atomic E-state index is -0.696. The van der Waals surface area contributed by atoms with E-state index in [1.165, 1.54) is 18.1 Å². The number of carbonyl (C=O) groups excluding carboxylic acids is 2. The highest BCUT2D eigenvalue weighted by atomic mass is 32.2. The summed E-state index contributed by atoms with van der Waals surface area (Å²) >= 11 is 1.51. The van der Waals surface area contributed by atoms with Crippen LogP contribution < -0.4 is 10.6 Å². The summed E-state index contributed by atoms with van der Waals surface area (Å²) in [7, 11) is 0. The number of benzene rings is 2. The van der Waals surface area contributed by atoms with E-state index in [9.17, 15) is 14.7 Å². The van der Waals surface area contributed by atoms with Crippen molar-refractivity contribution in [2.45, 2.75) is 44.1 Å². The van der Waals surface area contributed by atoms with Gasteiger partial charge in [-0.1, -0.05) is 55.1 Å². The van der Waals surface area contributed by atoms with Gasteiger partial charge in [0.05, 0.1) is 25.4 Å². The number of ether oxygens (including phenoxy) is 3. The molecule has 4 rings (SSSR count). The van der Waals surface area contributed by atoms with Gasteiger partial charge < -0.3 is 30.0 Å². The predicted octanol–water partition coefficient (Wildman–Crippen LogP) is 3.57. The molecule has 0 bridgehead atoms. The van der Waals surface area contributed by atoms with Gasteiger partial charge in [-0.25, -0.2) is 9.78 Å². The van der Waals surface area contributed by atoms with Crippen LogP contribution in [0, 0.1) is 5.92 Å². The zero-order valence-corrected chi connectivity index (χ0v) is 21.9. The molecule has 1 aliphatic heterocycles. The van der Waals surface area contributed by atoms with Crippen LogP contribution in [0.15, 0.2) is 60.0 Å². The van der Waals surface area contributed by atoms with Crippen LogP contribution in [0.3, 0.4) is 0 Å². The van der Waals surface area contributed by atoms with Crippen LogP contribution in [0.25, 0.3) is 0 Å². The fourth-order valence-corrected chi connectivity index (χ4v) is 4.98. The van der Waals surface area contributed by atoms with Crippen molar-refractivity contribution in [1.82, 2.24) is 20.5 Å². The molecule has 11 nitrogen and oxygen atoms in total. The molecular weight excluding hydrogens is 510 g/mol. The fourth-order valence-electron chi connectivity index (χ4n) is 4.04. The van der Waals surface area contributed by atoms with E-state index in [0.717, 1.165) is 16.7 Å². The first-order valence-corrected chi connectivity index (χ1v) is 13.2. The van der Waals surface area contributed by atoms with Gasteiger partial charge in [-0.15, -0.1) is 0 Å². The number of esters is 1. The summed E-state index contributed by atoms with van der Waals surface area (Å²) in [5.41, 5.74) is 3.05. The van der Waals surface area contributed by atoms with Crippen LogP contribution in [-0.4, -0.2) is 57.3 Å². The maximum atomic E-state index is 12.3. The molecule has 1 fully saturated rings. The van der Waals surface area contributed by atoms with Crippen LogP contribution in [0.1, 0.15) is 42.9 Å². The lowest BCUT2D eigenvalue weighted by molar-refractivity contribution is -0.268. The summed E-state index contributed by atoms with van der Waals surface area (Å²) in [6, 6.07) is 14.3. The molecule has 38 heavy (non-hydrogen) atoms. The fraction of sp³-hybridized carbons (Fsp3) is 0.385. The largest absolute Gasteiger partial charge is 0.465 e. The number of aromatic amines is 1. The van der Waals surface area contributed by atoms with Crippen molar-refractivity contribution in [2.24, 2.45) is 5.92 Å². The van der Waals surface area contributed by atoms with Gasteiger partial charge in [0.1, 0.15) is 12.9 Å². The number of nitrogens with one attached hydrogen (secondary N) is 3. The van der Waals surface area contributed by atoms with Gasteiger partial charge in [-0.3, -0.25) is 9.89 Å². The van der Waals surface area contributed by atoms with Gasteiger partial charge in [-0.05, 0) is 30.2 Å². The summed E-state index contributed by atoms with van der Waals surface area (Å²) < 4.78 is 17.7. The van der Waals surface area contributed by atoms with Crippen LogP contribution in [0.5, 0.6) is 0 Å². The molecule has 1 aromatic heterocycles. The maximum absolute atomic E-state index is 12.3. The third kappa shape index (κ3) is 7.32. The van der Waals surface area contributed by atoms with E-state index in [4.69, 9.17) is 14.2 Å². The van der Waals surface area contributed by atoms with E-state index in [0.29, 0.717) is 16.6 Å². The lowest BCUT2D eigenvalue weighted by Crippen LogP contribution is -2.38. The molecule has 202 valence electrons. The van der Waals surface area contributed by atoms with Gasteiger partial charge >= 0.3 is 12.0 Å². The molecule has 0 aliphatic carbocycles. The topological polar surface area (TPSA) is 148 Å². The average Bonchev–Trinajstić information content (AvgIpc) is 3.46. The molecule has 0 saturated carbocycles. The van der Waals surface area contributed by atoms with Gasteiger partial charge in [0, 0.05) is 22.9 Å². The van der Waals surface area contributed by atoms with Crippen molar-refractivity contribution < 1.29 is 28.9 Å². The van der Waals surface area contributed by atoms with E-state index >= 15 is 0 Å². The van der Waals surface area contributed by atoms with Crippen molar-refractivity contribution >= 4 is 29.4 Å². The Kier molecular flexibility index (Phi) is 9.71. The lowest BCUT2D eigenvalue weighted by atomic mass is 9.91. The van der Waals surface area contributed by atoms with Crippen molar-refractivity contribution in [3.8, 4) is 0 Å². The Balaban J connectivity index is 1.50. The van der Waals surface area contributed by atoms with E-state index in [1.54, 1.807) is 25.1 Å². The smallest absolute Gasteiger partial charge is 0.325 e. The molecule has 0 spiro atoms. The number of anilines is 1. The molecule has 4 atom stereocenters. The number of nitrogens with zero attached hydrogens (tertiary/aromatic N) is 2. The molecule has 4 N–H and O–H groups in total. The number of amides is 2. The number of aliphatic hydroxyl groups excluding tert-OH is 1. The lowest BCUT2D eigenvalue weighted by Gasteiger charge is -2.41. The Morgan fingerprint density at radius 3 is 2.68 bits per heavy atom. The second-order valence-corrected chi connectivity index (χ2v) is 9.67. The van der Waals surface area contributed by atoms with Crippen LogP contribution in [-0.2, 0) is 25.6 Å². The van der Waals surface area contributed by atoms with Gasteiger partial charge in [0.15, 0.2) is 11.4 Å². The molecule has 1 saturated heterocycles. The SMILES string of the molecule is CCOC(=O)CNC(=O)Nc1cccc([C@@H]2O[C@H](CSc3ncn[nH]3)[C@H](C)[C@H](c3ccc(CO)cc3)O2)c1. The summed E-state index contributed by atoms with van der Waals surface area (Å²) in [5.74, 6) is 0.119. The van der Waals surface area contributed by atoms with Gasteiger partial charge in [0.25, 0.3) is 0 Å². The van der Waals surface area contributed by atoms with Crippen LogP contribution in [0.2, 0.25) is 0 Å². The van der Waals surface area contributed by atoms with Crippen LogP contribution in [0.4, 0.5) is 10.5 Å². The Bertz CT molecular complexity index is 1190. The van der Waals surface area contributed by atoms with Gasteiger partial charge in [-0.2, -0.15) is 5.10 Å². The van der Waals surface area contributed by atoms with E-state index < -0.39 is 18.3 Å². The van der Waals surface area contributed by atoms with Crippen molar-refractivity contribution in [1.29, 1.82) is 0 Å². The maximum Gasteiger partial charge on any atom is 0.325 e. The van der Waals surface area contributed by atoms with Crippen molar-refractivity contribution in [3.05, 3.63) is 71.5 Å². The summed E-state index contributed by atoms with van der Waals surface area (Å²) in [6.07, 6.45) is 0.312. The number of H-pyrrole nitrogens is 1. The number of carbonyl (C=O) groups is 2. The number of thioether (sulfide) groups is 1. The van der Waals surface area contributed by atoms with Crippen LogP contribution >= 0.6 is 11.8 Å². The van der Waals surface area contributed by atoms with E-state index in [-0.39, 0.29) is 37.9 Å². The standard InChI is InChI=1S/C26H31N5O6S/c1-3-35-22(33)12-27-25(34)30-20-6-4-5-19(11-20)24-36-21(14-38-26-28-15-29-31-26)16(2)23(37-24)18-9-7-17(13-32)8-10-18/h4-11,15-16,21,23-24,32H,3,12-14H2,1-2H3,(H2,27,30,34)(H,28,29,31)/t16-,21+,23+,24+/m0/s1. The highest BCUT2D eigenvalue weighted by molar-refractivity contribution is 7.99. The number of aromatic nitrogens is 3. The van der Waals surface area contributed by atoms with Gasteiger partial charge in [0.2, 0.25) is 0 Å². The quantitative estimate of drug-likeness (QED) is 0.223. The minimum absolute atomic E-state index is 0.0108. The first kappa shape index (κ1) is 27.6. The Hall–Kier alpha value is -3.45. The third-order valence-electron chi connectivity index (χ3n) is 6.02. The number of urea groups is 1. The summed E-state index contributed by atoms with van der Waals surface area (Å²) in [5, 5.41) is 22.1. The Labute approximate surface area is 224 Å². The summed E-state index contributed by atoms with van der Waals surface area (Å²) in [6.45, 7) is 3.77. The van der Waals surface area contributed by atoms with Crippen molar-refractivity contribution in [3.63, 3.8) is 0 Å². The molecule has 3 aromatic rings. The average molecular weight is 542 g/mol. The zero-order valence-electron chi connectivity index (χ0n) is 21.1. The van der Waals surface area contributed by atoms with E-state index in [2.05, 4.69) is 32.7 Å². The number of rotatable bonds is 10. The monoisotopic (exact) mass is 541 g/mol. The molecular formula is C26H31N5O6S. The first-order valence-electron chi connectivity index (χ1n) is 12.3. The highest BCUT2D eigenvalue weighted by Crippen LogP contribution is 2.43. The molecule has 2 amide bonds. The molecule has 2 heterocycles. The summed E-state index contributed by atoms with van der Waals surface area (Å²) in [4.78, 5) is 28.0.